The number of benzene rings is 1. The number of aromatic amines is 1. The third-order valence-corrected chi connectivity index (χ3v) is 7.12. The minimum Gasteiger partial charge on any atom is -0.493 e. The minimum absolute atomic E-state index is 0.0368. The van der Waals surface area contributed by atoms with E-state index in [1.54, 1.807) is 11.6 Å². The average molecular weight is 449 g/mol. The molecular weight excluding hydrogens is 420 g/mol. The molecule has 1 atom stereocenters. The van der Waals surface area contributed by atoms with Crippen LogP contribution in [0.15, 0.2) is 35.5 Å². The number of aromatic nitrogens is 5. The largest absolute Gasteiger partial charge is 0.493 e. The molecule has 5 heterocycles. The molecule has 0 spiro atoms. The first-order chi connectivity index (χ1) is 16.2. The Bertz CT molecular complexity index is 1380. The number of hydrogen-bond acceptors (Lipinski definition) is 6. The second kappa shape index (κ2) is 8.00. The molecule has 0 aliphatic carbocycles. The SMILES string of the molecule is CCc1cc2c(cc1-c1cc(OC)c3ncnn3c1)[nH]c(=O)n2[C@@H]1CCCN(C2COC2)C1. The van der Waals surface area contributed by atoms with E-state index in [9.17, 15) is 4.79 Å². The van der Waals surface area contributed by atoms with Crippen LogP contribution < -0.4 is 10.4 Å². The summed E-state index contributed by atoms with van der Waals surface area (Å²) in [5.41, 5.74) is 5.69. The number of pyridine rings is 1. The Morgan fingerprint density at radius 2 is 2.12 bits per heavy atom. The van der Waals surface area contributed by atoms with Crippen LogP contribution in [0.5, 0.6) is 5.75 Å². The number of fused-ring (bicyclic) bond motifs is 2. The molecule has 2 saturated heterocycles. The van der Waals surface area contributed by atoms with Crippen LogP contribution in [0.3, 0.4) is 0 Å². The molecule has 0 saturated carbocycles. The highest BCUT2D eigenvalue weighted by Crippen LogP contribution is 2.33. The molecule has 1 aromatic carbocycles. The van der Waals surface area contributed by atoms with Crippen LogP contribution >= 0.6 is 0 Å². The molecule has 0 unspecified atom stereocenters. The van der Waals surface area contributed by atoms with Gasteiger partial charge in [-0.15, -0.1) is 0 Å². The first-order valence-corrected chi connectivity index (χ1v) is 11.6. The highest BCUT2D eigenvalue weighted by molar-refractivity contribution is 5.85. The van der Waals surface area contributed by atoms with Crippen molar-refractivity contribution in [1.29, 1.82) is 0 Å². The van der Waals surface area contributed by atoms with Gasteiger partial charge in [0, 0.05) is 18.3 Å². The number of rotatable bonds is 5. The summed E-state index contributed by atoms with van der Waals surface area (Å²) in [5.74, 6) is 0.667. The van der Waals surface area contributed by atoms with E-state index >= 15 is 0 Å². The van der Waals surface area contributed by atoms with Gasteiger partial charge in [-0.25, -0.2) is 14.3 Å². The summed E-state index contributed by atoms with van der Waals surface area (Å²) in [4.78, 5) is 23.0. The molecule has 6 rings (SSSR count). The lowest BCUT2D eigenvalue weighted by Gasteiger charge is -2.42. The third-order valence-electron chi connectivity index (χ3n) is 7.12. The summed E-state index contributed by atoms with van der Waals surface area (Å²) >= 11 is 0. The summed E-state index contributed by atoms with van der Waals surface area (Å²) in [6.45, 7) is 5.73. The maximum absolute atomic E-state index is 13.1. The number of likely N-dealkylation sites (tertiary alicyclic amines) is 1. The van der Waals surface area contributed by atoms with Crippen molar-refractivity contribution in [3.05, 3.63) is 46.8 Å². The van der Waals surface area contributed by atoms with Crippen molar-refractivity contribution in [3.63, 3.8) is 0 Å². The number of imidazole rings is 1. The number of nitrogens with zero attached hydrogens (tertiary/aromatic N) is 5. The Morgan fingerprint density at radius 3 is 2.88 bits per heavy atom. The first-order valence-electron chi connectivity index (χ1n) is 11.6. The Morgan fingerprint density at radius 1 is 1.24 bits per heavy atom. The van der Waals surface area contributed by atoms with E-state index < -0.39 is 0 Å². The van der Waals surface area contributed by atoms with Gasteiger partial charge in [0.15, 0.2) is 11.4 Å². The highest BCUT2D eigenvalue weighted by atomic mass is 16.5. The molecule has 9 nitrogen and oxygen atoms in total. The number of ether oxygens (including phenoxy) is 2. The van der Waals surface area contributed by atoms with Crippen molar-refractivity contribution in [2.45, 2.75) is 38.3 Å². The van der Waals surface area contributed by atoms with E-state index in [-0.39, 0.29) is 11.7 Å². The lowest BCUT2D eigenvalue weighted by atomic mass is 9.97. The van der Waals surface area contributed by atoms with Gasteiger partial charge in [0.2, 0.25) is 0 Å². The van der Waals surface area contributed by atoms with E-state index in [2.05, 4.69) is 39.0 Å². The maximum atomic E-state index is 13.1. The Kier molecular flexibility index (Phi) is 4.95. The summed E-state index contributed by atoms with van der Waals surface area (Å²) in [7, 11) is 1.64. The molecule has 0 radical (unpaired) electrons. The number of piperidine rings is 1. The van der Waals surface area contributed by atoms with E-state index in [1.165, 1.54) is 11.9 Å². The zero-order chi connectivity index (χ0) is 22.5. The number of methoxy groups -OCH3 is 1. The van der Waals surface area contributed by atoms with Gasteiger partial charge in [-0.2, -0.15) is 5.10 Å². The highest BCUT2D eigenvalue weighted by Gasteiger charge is 2.32. The molecule has 2 fully saturated rings. The predicted molar refractivity (Wildman–Crippen MR) is 125 cm³/mol. The zero-order valence-corrected chi connectivity index (χ0v) is 19.0. The summed E-state index contributed by atoms with van der Waals surface area (Å²) < 4.78 is 14.7. The lowest BCUT2D eigenvalue weighted by Crippen LogP contribution is -2.53. The molecule has 2 aliphatic heterocycles. The lowest BCUT2D eigenvalue weighted by molar-refractivity contribution is -0.0751. The molecular formula is C24H28N6O3. The minimum atomic E-state index is -0.0368. The molecule has 9 heteroatoms. The van der Waals surface area contributed by atoms with Gasteiger partial charge in [0.25, 0.3) is 0 Å². The van der Waals surface area contributed by atoms with Gasteiger partial charge in [-0.3, -0.25) is 9.47 Å². The summed E-state index contributed by atoms with van der Waals surface area (Å²) in [6, 6.07) is 6.91. The van der Waals surface area contributed by atoms with Gasteiger partial charge in [0.05, 0.1) is 43.4 Å². The molecule has 172 valence electrons. The zero-order valence-electron chi connectivity index (χ0n) is 19.0. The van der Waals surface area contributed by atoms with E-state index in [1.807, 2.05) is 16.8 Å². The number of aryl methyl sites for hydroxylation is 1. The van der Waals surface area contributed by atoms with Crippen LogP contribution in [-0.4, -0.2) is 68.5 Å². The molecule has 4 aromatic rings. The maximum Gasteiger partial charge on any atom is 0.326 e. The predicted octanol–water partition coefficient (Wildman–Crippen LogP) is 2.65. The topological polar surface area (TPSA) is 89.7 Å². The molecule has 3 aromatic heterocycles. The third kappa shape index (κ3) is 3.34. The van der Waals surface area contributed by atoms with Crippen LogP contribution in [0.25, 0.3) is 27.8 Å². The van der Waals surface area contributed by atoms with E-state index in [0.29, 0.717) is 17.4 Å². The molecule has 33 heavy (non-hydrogen) atoms. The Hall–Kier alpha value is -3.17. The van der Waals surface area contributed by atoms with Crippen LogP contribution in [0.2, 0.25) is 0 Å². The van der Waals surface area contributed by atoms with Gasteiger partial charge in [-0.05, 0) is 55.1 Å². The molecule has 2 aliphatic rings. The fraction of sp³-hybridized carbons (Fsp3) is 0.458. The van der Waals surface area contributed by atoms with Gasteiger partial charge < -0.3 is 14.5 Å². The number of nitrogens with one attached hydrogen (secondary N) is 1. The fourth-order valence-electron chi connectivity index (χ4n) is 5.29. The number of H-pyrrole nitrogens is 1. The van der Waals surface area contributed by atoms with E-state index in [4.69, 9.17) is 9.47 Å². The van der Waals surface area contributed by atoms with Crippen LogP contribution in [0.1, 0.15) is 31.4 Å². The van der Waals surface area contributed by atoms with Gasteiger partial charge in [-0.1, -0.05) is 6.92 Å². The van der Waals surface area contributed by atoms with Crippen molar-refractivity contribution in [3.8, 4) is 16.9 Å². The second-order valence-corrected chi connectivity index (χ2v) is 8.99. The summed E-state index contributed by atoms with van der Waals surface area (Å²) in [5, 5.41) is 4.29. The van der Waals surface area contributed by atoms with Crippen molar-refractivity contribution in [2.75, 3.05) is 33.4 Å². The van der Waals surface area contributed by atoms with Crippen molar-refractivity contribution in [2.24, 2.45) is 0 Å². The second-order valence-electron chi connectivity index (χ2n) is 8.99. The Balaban J connectivity index is 1.44. The molecule has 1 N–H and O–H groups in total. The summed E-state index contributed by atoms with van der Waals surface area (Å²) in [6.07, 6.45) is 6.43. The van der Waals surface area contributed by atoms with Crippen LogP contribution in [0, 0.1) is 0 Å². The molecule has 0 bridgehead atoms. The van der Waals surface area contributed by atoms with Crippen molar-refractivity contribution < 1.29 is 9.47 Å². The van der Waals surface area contributed by atoms with Crippen LogP contribution in [0.4, 0.5) is 0 Å². The smallest absolute Gasteiger partial charge is 0.326 e. The first kappa shape index (κ1) is 20.4. The van der Waals surface area contributed by atoms with Gasteiger partial charge in [0.1, 0.15) is 6.33 Å². The van der Waals surface area contributed by atoms with Crippen molar-refractivity contribution in [1.82, 2.24) is 29.0 Å². The van der Waals surface area contributed by atoms with Gasteiger partial charge >= 0.3 is 5.69 Å². The molecule has 0 amide bonds. The standard InChI is InChI=1S/C24H28N6O3/c1-3-15-7-21-20(9-19(15)16-8-22(32-2)23-25-14-26-29(23)10-16)27-24(31)30(21)17-5-4-6-28(11-17)18-12-33-13-18/h7-10,14,17-18H,3-6,11-13H2,1-2H3,(H,27,31)/t17-/m1/s1. The quantitative estimate of drug-likeness (QED) is 0.505. The van der Waals surface area contributed by atoms with E-state index in [0.717, 1.165) is 67.7 Å². The Labute approximate surface area is 190 Å². The van der Waals surface area contributed by atoms with Crippen LogP contribution in [-0.2, 0) is 11.2 Å². The normalized spacial score (nSPS) is 19.9. The fourth-order valence-corrected chi connectivity index (χ4v) is 5.29. The number of hydrogen-bond donors (Lipinski definition) is 1. The monoisotopic (exact) mass is 448 g/mol. The average Bonchev–Trinajstić information content (AvgIpc) is 3.39. The van der Waals surface area contributed by atoms with Crippen molar-refractivity contribution >= 4 is 16.7 Å².